The third kappa shape index (κ3) is 4.34. The number of rotatable bonds is 4. The average Bonchev–Trinajstić information content (AvgIpc) is 3.14. The van der Waals surface area contributed by atoms with Crippen LogP contribution < -0.4 is 10.6 Å². The molecule has 1 aliphatic rings. The summed E-state index contributed by atoms with van der Waals surface area (Å²) < 4.78 is 1.68. The number of likely N-dealkylation sites (tertiary alicyclic amines) is 1. The summed E-state index contributed by atoms with van der Waals surface area (Å²) in [5.41, 5.74) is 0.884. The van der Waals surface area contributed by atoms with Gasteiger partial charge in [-0.15, -0.1) is 0 Å². The minimum absolute atomic E-state index is 0.0232. The normalized spacial score (nSPS) is 17.2. The van der Waals surface area contributed by atoms with Crippen LogP contribution in [0.4, 0.5) is 4.79 Å². The second-order valence-electron chi connectivity index (χ2n) is 6.08. The Labute approximate surface area is 146 Å². The van der Waals surface area contributed by atoms with Crippen molar-refractivity contribution in [1.82, 2.24) is 30.3 Å². The standard InChI is InChI=1S/C17H22N6O2/c1-13(24)21-15-6-3-9-22(12-15)17(25)19-11-14-5-2-7-18-16(14)23-10-4-8-20-23/h2,4-5,7-8,10,15H,3,6,9,11-12H2,1H3,(H,19,25)(H,21,24)/t15-/m0/s1. The van der Waals surface area contributed by atoms with E-state index in [9.17, 15) is 9.59 Å². The van der Waals surface area contributed by atoms with E-state index < -0.39 is 0 Å². The van der Waals surface area contributed by atoms with E-state index in [0.29, 0.717) is 25.5 Å². The first-order chi connectivity index (χ1) is 12.1. The molecule has 0 aromatic carbocycles. The van der Waals surface area contributed by atoms with Crippen LogP contribution in [0.2, 0.25) is 0 Å². The monoisotopic (exact) mass is 342 g/mol. The number of urea groups is 1. The van der Waals surface area contributed by atoms with E-state index in [0.717, 1.165) is 18.4 Å². The molecule has 2 N–H and O–H groups in total. The Bertz CT molecular complexity index is 730. The van der Waals surface area contributed by atoms with Gasteiger partial charge in [0.1, 0.15) is 0 Å². The van der Waals surface area contributed by atoms with Crippen molar-refractivity contribution in [2.45, 2.75) is 32.4 Å². The van der Waals surface area contributed by atoms with Crippen molar-refractivity contribution in [3.8, 4) is 5.82 Å². The van der Waals surface area contributed by atoms with Crippen LogP contribution in [-0.4, -0.2) is 50.7 Å². The maximum Gasteiger partial charge on any atom is 0.317 e. The van der Waals surface area contributed by atoms with E-state index in [1.807, 2.05) is 24.4 Å². The number of pyridine rings is 1. The highest BCUT2D eigenvalue weighted by molar-refractivity contribution is 5.75. The number of hydrogen-bond acceptors (Lipinski definition) is 4. The van der Waals surface area contributed by atoms with E-state index in [1.165, 1.54) is 6.92 Å². The van der Waals surface area contributed by atoms with Gasteiger partial charge >= 0.3 is 6.03 Å². The largest absolute Gasteiger partial charge is 0.352 e. The average molecular weight is 342 g/mol. The highest BCUT2D eigenvalue weighted by Gasteiger charge is 2.24. The molecule has 1 fully saturated rings. The first-order valence-electron chi connectivity index (χ1n) is 8.37. The molecule has 1 atom stereocenters. The number of piperidine rings is 1. The van der Waals surface area contributed by atoms with E-state index in [4.69, 9.17) is 0 Å². The molecule has 1 aliphatic heterocycles. The van der Waals surface area contributed by atoms with Crippen molar-refractivity contribution < 1.29 is 9.59 Å². The Hall–Kier alpha value is -2.90. The van der Waals surface area contributed by atoms with Gasteiger partial charge in [-0.05, 0) is 25.0 Å². The molecule has 1 saturated heterocycles. The van der Waals surface area contributed by atoms with Crippen LogP contribution in [0.3, 0.4) is 0 Å². The van der Waals surface area contributed by atoms with Gasteiger partial charge in [-0.1, -0.05) is 6.07 Å². The molecular weight excluding hydrogens is 320 g/mol. The van der Waals surface area contributed by atoms with Gasteiger partial charge < -0.3 is 15.5 Å². The molecule has 0 saturated carbocycles. The Balaban J connectivity index is 1.60. The SMILES string of the molecule is CC(=O)N[C@H]1CCCN(C(=O)NCc2cccnc2-n2cccn2)C1. The van der Waals surface area contributed by atoms with Gasteiger partial charge in [-0.25, -0.2) is 14.5 Å². The molecule has 8 nitrogen and oxygen atoms in total. The second-order valence-corrected chi connectivity index (χ2v) is 6.08. The van der Waals surface area contributed by atoms with Crippen molar-refractivity contribution in [2.24, 2.45) is 0 Å². The lowest BCUT2D eigenvalue weighted by molar-refractivity contribution is -0.119. The Morgan fingerprint density at radius 1 is 1.32 bits per heavy atom. The first-order valence-corrected chi connectivity index (χ1v) is 8.37. The third-order valence-corrected chi connectivity index (χ3v) is 4.13. The van der Waals surface area contributed by atoms with Crippen molar-refractivity contribution in [1.29, 1.82) is 0 Å². The maximum atomic E-state index is 12.5. The Kier molecular flexibility index (Phi) is 5.27. The molecular formula is C17H22N6O2. The van der Waals surface area contributed by atoms with Crippen LogP contribution in [0.1, 0.15) is 25.3 Å². The third-order valence-electron chi connectivity index (χ3n) is 4.13. The highest BCUT2D eigenvalue weighted by Crippen LogP contribution is 2.12. The minimum atomic E-state index is -0.134. The number of nitrogens with one attached hydrogen (secondary N) is 2. The number of nitrogens with zero attached hydrogens (tertiary/aromatic N) is 4. The van der Waals surface area contributed by atoms with E-state index in [1.54, 1.807) is 22.0 Å². The van der Waals surface area contributed by atoms with Gasteiger partial charge in [0.15, 0.2) is 5.82 Å². The van der Waals surface area contributed by atoms with E-state index in [2.05, 4.69) is 20.7 Å². The van der Waals surface area contributed by atoms with Crippen LogP contribution in [0.15, 0.2) is 36.8 Å². The maximum absolute atomic E-state index is 12.5. The van der Waals surface area contributed by atoms with E-state index >= 15 is 0 Å². The van der Waals surface area contributed by atoms with Crippen LogP contribution in [0, 0.1) is 0 Å². The molecule has 0 radical (unpaired) electrons. The summed E-state index contributed by atoms with van der Waals surface area (Å²) in [7, 11) is 0. The van der Waals surface area contributed by atoms with Crippen LogP contribution in [-0.2, 0) is 11.3 Å². The van der Waals surface area contributed by atoms with Crippen LogP contribution >= 0.6 is 0 Å². The molecule has 2 aromatic rings. The van der Waals surface area contributed by atoms with Gasteiger partial charge in [0.2, 0.25) is 5.91 Å². The molecule has 3 rings (SSSR count). The fourth-order valence-electron chi connectivity index (χ4n) is 3.02. The Morgan fingerprint density at radius 2 is 2.20 bits per heavy atom. The number of carbonyl (C=O) groups excluding carboxylic acids is 2. The van der Waals surface area contributed by atoms with Gasteiger partial charge in [0.05, 0.1) is 0 Å². The van der Waals surface area contributed by atoms with Crippen molar-refractivity contribution in [3.63, 3.8) is 0 Å². The number of carbonyl (C=O) groups is 2. The summed E-state index contributed by atoms with van der Waals surface area (Å²) in [6.07, 6.45) is 6.98. The zero-order valence-electron chi connectivity index (χ0n) is 14.2. The summed E-state index contributed by atoms with van der Waals surface area (Å²) in [5, 5.41) is 10.0. The predicted molar refractivity (Wildman–Crippen MR) is 92.0 cm³/mol. The predicted octanol–water partition coefficient (Wildman–Crippen LogP) is 1.08. The molecule has 0 bridgehead atoms. The fourth-order valence-corrected chi connectivity index (χ4v) is 3.02. The van der Waals surface area contributed by atoms with Crippen molar-refractivity contribution in [3.05, 3.63) is 42.4 Å². The molecule has 132 valence electrons. The molecule has 0 aliphatic carbocycles. The van der Waals surface area contributed by atoms with Crippen molar-refractivity contribution in [2.75, 3.05) is 13.1 Å². The quantitative estimate of drug-likeness (QED) is 0.869. The topological polar surface area (TPSA) is 92.2 Å². The van der Waals surface area contributed by atoms with Crippen molar-refractivity contribution >= 4 is 11.9 Å². The molecule has 3 amide bonds. The molecule has 8 heteroatoms. The molecule has 2 aromatic heterocycles. The lowest BCUT2D eigenvalue weighted by Gasteiger charge is -2.33. The first kappa shape index (κ1) is 16.9. The summed E-state index contributed by atoms with van der Waals surface area (Å²) >= 11 is 0. The lowest BCUT2D eigenvalue weighted by Crippen LogP contribution is -2.51. The molecule has 3 heterocycles. The lowest BCUT2D eigenvalue weighted by atomic mass is 10.1. The van der Waals surface area contributed by atoms with Gasteiger partial charge in [-0.3, -0.25) is 4.79 Å². The smallest absolute Gasteiger partial charge is 0.317 e. The zero-order valence-corrected chi connectivity index (χ0v) is 14.2. The number of amides is 3. The molecule has 25 heavy (non-hydrogen) atoms. The van der Waals surface area contributed by atoms with Gasteiger partial charge in [0, 0.05) is 56.8 Å². The number of aromatic nitrogens is 3. The summed E-state index contributed by atoms with van der Waals surface area (Å²) in [5.74, 6) is 0.633. The van der Waals surface area contributed by atoms with Gasteiger partial charge in [-0.2, -0.15) is 5.10 Å². The minimum Gasteiger partial charge on any atom is -0.352 e. The summed E-state index contributed by atoms with van der Waals surface area (Å²) in [4.78, 5) is 29.8. The molecule has 0 spiro atoms. The second kappa shape index (κ2) is 7.78. The summed E-state index contributed by atoms with van der Waals surface area (Å²) in [6, 6.07) is 5.47. The zero-order chi connectivity index (χ0) is 17.6. The van der Waals surface area contributed by atoms with E-state index in [-0.39, 0.29) is 18.0 Å². The number of hydrogen-bond donors (Lipinski definition) is 2. The van der Waals surface area contributed by atoms with Crippen LogP contribution in [0.5, 0.6) is 0 Å². The summed E-state index contributed by atoms with van der Waals surface area (Å²) in [6.45, 7) is 3.09. The fraction of sp³-hybridized carbons (Fsp3) is 0.412. The molecule has 0 unspecified atom stereocenters. The van der Waals surface area contributed by atoms with Crippen LogP contribution in [0.25, 0.3) is 5.82 Å². The highest BCUT2D eigenvalue weighted by atomic mass is 16.2. The Morgan fingerprint density at radius 3 is 2.96 bits per heavy atom. The van der Waals surface area contributed by atoms with Gasteiger partial charge in [0.25, 0.3) is 0 Å².